The van der Waals surface area contributed by atoms with Crippen molar-refractivity contribution in [2.75, 3.05) is 13.7 Å². The normalized spacial score (nSPS) is 18.0. The quantitative estimate of drug-likeness (QED) is 0.637. The predicted molar refractivity (Wildman–Crippen MR) is 91.6 cm³/mol. The first-order valence-corrected chi connectivity index (χ1v) is 8.67. The van der Waals surface area contributed by atoms with Crippen LogP contribution in [0.1, 0.15) is 37.7 Å². The van der Waals surface area contributed by atoms with Crippen molar-refractivity contribution in [3.63, 3.8) is 0 Å². The lowest BCUT2D eigenvalue weighted by Crippen LogP contribution is -2.14. The van der Waals surface area contributed by atoms with E-state index in [2.05, 4.69) is 20.7 Å². The third kappa shape index (κ3) is 5.98. The molecule has 5 heteroatoms. The van der Waals surface area contributed by atoms with E-state index in [0.29, 0.717) is 25.9 Å². The number of hydrogen-bond donors (Lipinski definition) is 0. The first-order chi connectivity index (χ1) is 11.1. The van der Waals surface area contributed by atoms with Gasteiger partial charge in [0.05, 0.1) is 7.11 Å². The Hall–Kier alpha value is -1.36. The molecule has 1 unspecified atom stereocenters. The molecule has 2 rings (SSSR count). The van der Waals surface area contributed by atoms with Gasteiger partial charge in [0.2, 0.25) is 0 Å². The van der Waals surface area contributed by atoms with Gasteiger partial charge in [0.15, 0.2) is 0 Å². The van der Waals surface area contributed by atoms with Crippen LogP contribution >= 0.6 is 15.9 Å². The lowest BCUT2D eigenvalue weighted by Gasteiger charge is -2.20. The zero-order valence-electron chi connectivity index (χ0n) is 13.3. The SMILES string of the molecule is COC(=O)CCCc1ccc(OCC2=C(Br)CCC(F)C2)cc1. The number of alkyl halides is 1. The molecular formula is C18H22BrFO3. The fourth-order valence-electron chi connectivity index (χ4n) is 2.54. The Labute approximate surface area is 145 Å². The maximum atomic E-state index is 13.4. The summed E-state index contributed by atoms with van der Waals surface area (Å²) in [4.78, 5) is 11.1. The Balaban J connectivity index is 1.80. The van der Waals surface area contributed by atoms with Crippen molar-refractivity contribution >= 4 is 21.9 Å². The van der Waals surface area contributed by atoms with Gasteiger partial charge in [0, 0.05) is 12.8 Å². The van der Waals surface area contributed by atoms with Gasteiger partial charge >= 0.3 is 5.97 Å². The van der Waals surface area contributed by atoms with Crippen molar-refractivity contribution in [2.24, 2.45) is 0 Å². The number of carbonyl (C=O) groups is 1. The number of hydrogen-bond acceptors (Lipinski definition) is 3. The molecule has 0 saturated carbocycles. The van der Waals surface area contributed by atoms with Crippen LogP contribution in [0.3, 0.4) is 0 Å². The third-order valence-corrected chi connectivity index (χ3v) is 4.90. The zero-order chi connectivity index (χ0) is 16.7. The molecule has 0 amide bonds. The minimum atomic E-state index is -0.757. The summed E-state index contributed by atoms with van der Waals surface area (Å²) in [6, 6.07) is 7.82. The molecular weight excluding hydrogens is 363 g/mol. The summed E-state index contributed by atoms with van der Waals surface area (Å²) in [5.74, 6) is 0.595. The fourth-order valence-corrected chi connectivity index (χ4v) is 3.04. The Morgan fingerprint density at radius 2 is 2.09 bits per heavy atom. The highest BCUT2D eigenvalue weighted by molar-refractivity contribution is 9.11. The Morgan fingerprint density at radius 1 is 1.35 bits per heavy atom. The number of allylic oxidation sites excluding steroid dienone is 1. The molecule has 1 atom stereocenters. The molecule has 1 aromatic rings. The number of benzene rings is 1. The van der Waals surface area contributed by atoms with Crippen molar-refractivity contribution < 1.29 is 18.7 Å². The van der Waals surface area contributed by atoms with Gasteiger partial charge in [-0.3, -0.25) is 4.79 Å². The van der Waals surface area contributed by atoms with Gasteiger partial charge in [-0.1, -0.05) is 28.1 Å². The molecule has 1 aliphatic carbocycles. The van der Waals surface area contributed by atoms with Gasteiger partial charge in [-0.15, -0.1) is 0 Å². The average Bonchev–Trinajstić information content (AvgIpc) is 2.56. The van der Waals surface area contributed by atoms with Crippen LogP contribution in [0.4, 0.5) is 4.39 Å². The highest BCUT2D eigenvalue weighted by atomic mass is 79.9. The van der Waals surface area contributed by atoms with Crippen LogP contribution in [-0.2, 0) is 16.0 Å². The highest BCUT2D eigenvalue weighted by Crippen LogP contribution is 2.31. The number of esters is 1. The molecule has 0 N–H and O–H groups in total. The molecule has 1 aliphatic rings. The lowest BCUT2D eigenvalue weighted by molar-refractivity contribution is -0.140. The van der Waals surface area contributed by atoms with E-state index < -0.39 is 6.17 Å². The molecule has 126 valence electrons. The molecule has 0 aromatic heterocycles. The topological polar surface area (TPSA) is 35.5 Å². The van der Waals surface area contributed by atoms with Gasteiger partial charge < -0.3 is 9.47 Å². The molecule has 0 radical (unpaired) electrons. The smallest absolute Gasteiger partial charge is 0.305 e. The largest absolute Gasteiger partial charge is 0.489 e. The summed E-state index contributed by atoms with van der Waals surface area (Å²) >= 11 is 3.51. The number of methoxy groups -OCH3 is 1. The number of halogens is 2. The molecule has 0 bridgehead atoms. The maximum Gasteiger partial charge on any atom is 0.305 e. The van der Waals surface area contributed by atoms with Crippen LogP contribution in [0.15, 0.2) is 34.3 Å². The van der Waals surface area contributed by atoms with Crippen LogP contribution in [0.5, 0.6) is 5.75 Å². The number of ether oxygens (including phenoxy) is 2. The Kier molecular flexibility index (Phi) is 7.09. The van der Waals surface area contributed by atoms with Crippen LogP contribution < -0.4 is 4.74 Å². The van der Waals surface area contributed by atoms with E-state index in [1.165, 1.54) is 7.11 Å². The van der Waals surface area contributed by atoms with E-state index in [1.807, 2.05) is 24.3 Å². The van der Waals surface area contributed by atoms with E-state index in [0.717, 1.165) is 40.6 Å². The molecule has 0 heterocycles. The second-order valence-electron chi connectivity index (χ2n) is 5.71. The van der Waals surface area contributed by atoms with Crippen LogP contribution in [-0.4, -0.2) is 25.9 Å². The summed E-state index contributed by atoms with van der Waals surface area (Å²) in [5.41, 5.74) is 2.16. The molecule has 23 heavy (non-hydrogen) atoms. The molecule has 0 saturated heterocycles. The van der Waals surface area contributed by atoms with Crippen LogP contribution in [0.25, 0.3) is 0 Å². The van der Waals surface area contributed by atoms with Crippen molar-refractivity contribution in [1.29, 1.82) is 0 Å². The number of aryl methyl sites for hydroxylation is 1. The zero-order valence-corrected chi connectivity index (χ0v) is 14.9. The minimum Gasteiger partial charge on any atom is -0.489 e. The van der Waals surface area contributed by atoms with Gasteiger partial charge in [-0.2, -0.15) is 0 Å². The number of rotatable bonds is 7. The molecule has 0 fully saturated rings. The molecule has 0 spiro atoms. The first-order valence-electron chi connectivity index (χ1n) is 7.87. The first kappa shape index (κ1) is 18.0. The summed E-state index contributed by atoms with van der Waals surface area (Å²) in [6.45, 7) is 0.419. The Morgan fingerprint density at radius 3 is 2.78 bits per heavy atom. The van der Waals surface area contributed by atoms with Gasteiger partial charge in [-0.25, -0.2) is 4.39 Å². The minimum absolute atomic E-state index is 0.178. The summed E-state index contributed by atoms with van der Waals surface area (Å²) in [7, 11) is 1.40. The second-order valence-corrected chi connectivity index (χ2v) is 6.67. The fraction of sp³-hybridized carbons (Fsp3) is 0.500. The lowest BCUT2D eigenvalue weighted by atomic mass is 9.98. The van der Waals surface area contributed by atoms with Gasteiger partial charge in [0.25, 0.3) is 0 Å². The third-order valence-electron chi connectivity index (χ3n) is 3.94. The summed E-state index contributed by atoms with van der Waals surface area (Å²) < 4.78 is 24.9. The van der Waals surface area contributed by atoms with Crippen molar-refractivity contribution in [3.05, 3.63) is 39.9 Å². The van der Waals surface area contributed by atoms with E-state index >= 15 is 0 Å². The number of carbonyl (C=O) groups excluding carboxylic acids is 1. The van der Waals surface area contributed by atoms with Gasteiger partial charge in [-0.05, 0) is 53.4 Å². The maximum absolute atomic E-state index is 13.4. The van der Waals surface area contributed by atoms with E-state index in [-0.39, 0.29) is 5.97 Å². The molecule has 1 aromatic carbocycles. The molecule has 0 aliphatic heterocycles. The van der Waals surface area contributed by atoms with E-state index in [4.69, 9.17) is 4.74 Å². The standard InChI is InChI=1S/C18H22BrFO3/c1-22-18(21)4-2-3-13-5-8-16(9-6-13)23-12-14-11-15(20)7-10-17(14)19/h5-6,8-9,15H,2-4,7,10-12H2,1H3. The van der Waals surface area contributed by atoms with Crippen LogP contribution in [0.2, 0.25) is 0 Å². The van der Waals surface area contributed by atoms with E-state index in [9.17, 15) is 9.18 Å². The van der Waals surface area contributed by atoms with Crippen molar-refractivity contribution in [1.82, 2.24) is 0 Å². The van der Waals surface area contributed by atoms with Crippen molar-refractivity contribution in [3.8, 4) is 5.75 Å². The van der Waals surface area contributed by atoms with Crippen molar-refractivity contribution in [2.45, 2.75) is 44.7 Å². The predicted octanol–water partition coefficient (Wildman–Crippen LogP) is 4.73. The van der Waals surface area contributed by atoms with Gasteiger partial charge in [0.1, 0.15) is 18.5 Å². The second kappa shape index (κ2) is 9.06. The molecule has 3 nitrogen and oxygen atoms in total. The summed E-state index contributed by atoms with van der Waals surface area (Å²) in [6.07, 6.45) is 3.06. The summed E-state index contributed by atoms with van der Waals surface area (Å²) in [5, 5.41) is 0. The monoisotopic (exact) mass is 384 g/mol. The van der Waals surface area contributed by atoms with E-state index in [1.54, 1.807) is 0 Å². The average molecular weight is 385 g/mol. The highest BCUT2D eigenvalue weighted by Gasteiger charge is 2.19. The van der Waals surface area contributed by atoms with Crippen LogP contribution in [0, 0.1) is 0 Å². The Bertz CT molecular complexity index is 554.